The van der Waals surface area contributed by atoms with Crippen molar-refractivity contribution in [2.45, 2.75) is 13.3 Å². The summed E-state index contributed by atoms with van der Waals surface area (Å²) in [5.74, 6) is 1.51. The van der Waals surface area contributed by atoms with E-state index >= 15 is 0 Å². The van der Waals surface area contributed by atoms with Crippen LogP contribution in [-0.4, -0.2) is 35.4 Å². The van der Waals surface area contributed by atoms with Crippen molar-refractivity contribution < 1.29 is 4.79 Å². The van der Waals surface area contributed by atoms with Gasteiger partial charge in [-0.1, -0.05) is 28.5 Å². The van der Waals surface area contributed by atoms with Crippen LogP contribution in [0.1, 0.15) is 13.3 Å². The molecule has 0 aromatic heterocycles. The Kier molecular flexibility index (Phi) is 5.20. The monoisotopic (exact) mass is 230 g/mol. The third-order valence-electron chi connectivity index (χ3n) is 2.15. The molecule has 1 aliphatic heterocycles. The maximum absolute atomic E-state index is 11.8. The number of nitrogens with zero attached hydrogens (tertiary/aromatic N) is 2. The molecule has 0 aliphatic carbocycles. The molecule has 0 radical (unpaired) electrons. The Hall–Kier alpha value is -0.340. The van der Waals surface area contributed by atoms with E-state index in [4.69, 9.17) is 5.26 Å². The van der Waals surface area contributed by atoms with Crippen molar-refractivity contribution in [3.8, 4) is 6.07 Å². The van der Waals surface area contributed by atoms with Crippen molar-refractivity contribution in [3.05, 3.63) is 0 Å². The highest BCUT2D eigenvalue weighted by molar-refractivity contribution is 8.76. The summed E-state index contributed by atoms with van der Waals surface area (Å²) in [6, 6.07) is 2.06. The van der Waals surface area contributed by atoms with Crippen LogP contribution in [0.3, 0.4) is 0 Å². The first-order chi connectivity index (χ1) is 6.79. The van der Waals surface area contributed by atoms with E-state index in [2.05, 4.69) is 6.07 Å². The van der Waals surface area contributed by atoms with Gasteiger partial charge in [-0.05, 0) is 6.42 Å². The van der Waals surface area contributed by atoms with Crippen molar-refractivity contribution in [2.24, 2.45) is 5.92 Å². The zero-order valence-electron chi connectivity index (χ0n) is 8.23. The van der Waals surface area contributed by atoms with Gasteiger partial charge in [-0.25, -0.2) is 0 Å². The maximum Gasteiger partial charge on any atom is 0.239 e. The Morgan fingerprint density at radius 1 is 1.50 bits per heavy atom. The third-order valence-corrected chi connectivity index (χ3v) is 4.51. The molecule has 0 aromatic carbocycles. The van der Waals surface area contributed by atoms with Crippen LogP contribution in [0.5, 0.6) is 0 Å². The van der Waals surface area contributed by atoms with Gasteiger partial charge in [-0.15, -0.1) is 0 Å². The molecule has 0 spiro atoms. The zero-order valence-corrected chi connectivity index (χ0v) is 9.87. The molecule has 0 bridgehead atoms. The van der Waals surface area contributed by atoms with E-state index in [0.717, 1.165) is 24.6 Å². The summed E-state index contributed by atoms with van der Waals surface area (Å²) in [6.07, 6.45) is 0.617. The van der Waals surface area contributed by atoms with Crippen molar-refractivity contribution >= 4 is 27.5 Å². The SMILES string of the molecule is CCC(C#N)C(=O)N1CCSSCC1. The smallest absolute Gasteiger partial charge is 0.239 e. The molecule has 1 aliphatic rings. The first-order valence-corrected chi connectivity index (χ1v) is 7.21. The van der Waals surface area contributed by atoms with E-state index in [9.17, 15) is 4.79 Å². The highest BCUT2D eigenvalue weighted by atomic mass is 33.1. The van der Waals surface area contributed by atoms with E-state index in [1.165, 1.54) is 0 Å². The topological polar surface area (TPSA) is 44.1 Å². The van der Waals surface area contributed by atoms with Crippen LogP contribution in [0.4, 0.5) is 0 Å². The van der Waals surface area contributed by atoms with E-state index in [1.54, 1.807) is 21.6 Å². The predicted octanol–water partition coefficient (Wildman–Crippen LogP) is 1.76. The maximum atomic E-state index is 11.8. The van der Waals surface area contributed by atoms with Gasteiger partial charge in [-0.3, -0.25) is 4.79 Å². The Morgan fingerprint density at radius 2 is 2.07 bits per heavy atom. The highest BCUT2D eigenvalue weighted by Crippen LogP contribution is 2.24. The molecular weight excluding hydrogens is 216 g/mol. The van der Waals surface area contributed by atoms with Crippen molar-refractivity contribution in [3.63, 3.8) is 0 Å². The minimum atomic E-state index is -0.442. The fourth-order valence-corrected chi connectivity index (χ4v) is 3.27. The van der Waals surface area contributed by atoms with Gasteiger partial charge in [0.05, 0.1) is 6.07 Å². The lowest BCUT2D eigenvalue weighted by molar-refractivity contribution is -0.133. The lowest BCUT2D eigenvalue weighted by atomic mass is 10.1. The fourth-order valence-electron chi connectivity index (χ4n) is 1.29. The molecule has 0 aromatic rings. The van der Waals surface area contributed by atoms with Gasteiger partial charge >= 0.3 is 0 Å². The lowest BCUT2D eigenvalue weighted by Crippen LogP contribution is -2.37. The van der Waals surface area contributed by atoms with Crippen molar-refractivity contribution in [1.29, 1.82) is 5.26 Å². The molecule has 0 N–H and O–H groups in total. The lowest BCUT2D eigenvalue weighted by Gasteiger charge is -2.21. The number of rotatable bonds is 2. The van der Waals surface area contributed by atoms with Gasteiger partial charge in [0.25, 0.3) is 0 Å². The molecule has 1 saturated heterocycles. The molecule has 14 heavy (non-hydrogen) atoms. The third kappa shape index (κ3) is 3.10. The molecule has 1 atom stereocenters. The fraction of sp³-hybridized carbons (Fsp3) is 0.778. The van der Waals surface area contributed by atoms with Gasteiger partial charge in [0.1, 0.15) is 5.92 Å². The van der Waals surface area contributed by atoms with E-state index in [-0.39, 0.29) is 5.91 Å². The summed E-state index contributed by atoms with van der Waals surface area (Å²) in [5.41, 5.74) is 0. The number of carbonyl (C=O) groups excluding carboxylic acids is 1. The quantitative estimate of drug-likeness (QED) is 0.678. The largest absolute Gasteiger partial charge is 0.340 e. The Morgan fingerprint density at radius 3 is 2.50 bits per heavy atom. The van der Waals surface area contributed by atoms with Crippen LogP contribution in [0.15, 0.2) is 0 Å². The van der Waals surface area contributed by atoms with Crippen molar-refractivity contribution in [1.82, 2.24) is 4.90 Å². The summed E-state index contributed by atoms with van der Waals surface area (Å²) in [6.45, 7) is 3.45. The van der Waals surface area contributed by atoms with Gasteiger partial charge < -0.3 is 4.90 Å². The average molecular weight is 230 g/mol. The molecule has 1 amide bonds. The summed E-state index contributed by atoms with van der Waals surface area (Å²) in [5, 5.41) is 8.79. The van der Waals surface area contributed by atoms with Crippen LogP contribution in [0, 0.1) is 17.2 Å². The summed E-state index contributed by atoms with van der Waals surface area (Å²) < 4.78 is 0. The number of hydrogen-bond donors (Lipinski definition) is 0. The molecule has 1 unspecified atom stereocenters. The molecule has 5 heteroatoms. The molecule has 1 rings (SSSR count). The summed E-state index contributed by atoms with van der Waals surface area (Å²) in [7, 11) is 3.61. The Bertz CT molecular complexity index is 231. The number of nitriles is 1. The number of hydrogen-bond acceptors (Lipinski definition) is 4. The summed E-state index contributed by atoms with van der Waals surface area (Å²) in [4.78, 5) is 13.6. The minimum Gasteiger partial charge on any atom is -0.340 e. The van der Waals surface area contributed by atoms with E-state index < -0.39 is 5.92 Å². The standard InChI is InChI=1S/C9H14N2OS2/c1-2-8(7-10)9(12)11-3-5-13-14-6-4-11/h8H,2-6H2,1H3. The normalized spacial score (nSPS) is 19.6. The van der Waals surface area contributed by atoms with Crippen LogP contribution in [0.25, 0.3) is 0 Å². The highest BCUT2D eigenvalue weighted by Gasteiger charge is 2.23. The number of carbonyl (C=O) groups is 1. The molecule has 1 heterocycles. The predicted molar refractivity (Wildman–Crippen MR) is 60.9 cm³/mol. The molecule has 3 nitrogen and oxygen atoms in total. The van der Waals surface area contributed by atoms with Gasteiger partial charge in [-0.2, -0.15) is 5.26 Å². The van der Waals surface area contributed by atoms with Crippen LogP contribution in [0.2, 0.25) is 0 Å². The van der Waals surface area contributed by atoms with Crippen LogP contribution < -0.4 is 0 Å². The minimum absolute atomic E-state index is 0.0121. The Labute approximate surface area is 92.6 Å². The van der Waals surface area contributed by atoms with Crippen LogP contribution in [-0.2, 0) is 4.79 Å². The number of amides is 1. The van der Waals surface area contributed by atoms with E-state index in [1.807, 2.05) is 11.8 Å². The molecular formula is C9H14N2OS2. The molecule has 78 valence electrons. The molecule has 1 fully saturated rings. The molecule has 0 saturated carbocycles. The van der Waals surface area contributed by atoms with Gasteiger partial charge in [0.2, 0.25) is 5.91 Å². The first-order valence-electron chi connectivity index (χ1n) is 4.72. The average Bonchev–Trinajstić information content (AvgIpc) is 2.47. The second-order valence-electron chi connectivity index (χ2n) is 3.06. The zero-order chi connectivity index (χ0) is 10.4. The second kappa shape index (κ2) is 6.20. The second-order valence-corrected chi connectivity index (χ2v) is 5.76. The van der Waals surface area contributed by atoms with Crippen molar-refractivity contribution in [2.75, 3.05) is 24.6 Å². The van der Waals surface area contributed by atoms with Gasteiger partial charge in [0.15, 0.2) is 0 Å². The van der Waals surface area contributed by atoms with Crippen LogP contribution >= 0.6 is 21.6 Å². The van der Waals surface area contributed by atoms with E-state index in [0.29, 0.717) is 6.42 Å². The summed E-state index contributed by atoms with van der Waals surface area (Å²) >= 11 is 0. The Balaban J connectivity index is 2.53. The first kappa shape index (κ1) is 11.7. The van der Waals surface area contributed by atoms with Gasteiger partial charge in [0, 0.05) is 24.6 Å².